The van der Waals surface area contributed by atoms with Gasteiger partial charge in [-0.05, 0) is 50.2 Å². The molecule has 4 rings (SSSR count). The Kier molecular flexibility index (Phi) is 6.29. The van der Waals surface area contributed by atoms with Crippen LogP contribution in [-0.2, 0) is 11.8 Å². The SMILES string of the molecule is Cc1c(NC(=O)[C@H](C)Sc2nc(-c3ccc(F)cc3)cs2)c(=O)n(-c2ccccc2)n1C. The van der Waals surface area contributed by atoms with Gasteiger partial charge in [-0.2, -0.15) is 0 Å². The molecule has 2 aromatic carbocycles. The predicted molar refractivity (Wildman–Crippen MR) is 127 cm³/mol. The minimum absolute atomic E-state index is 0.264. The molecule has 0 fully saturated rings. The number of hydrogen-bond donors (Lipinski definition) is 1. The second-order valence-corrected chi connectivity index (χ2v) is 9.64. The Morgan fingerprint density at radius 3 is 2.53 bits per heavy atom. The van der Waals surface area contributed by atoms with Crippen LogP contribution in [0.4, 0.5) is 10.1 Å². The number of amides is 1. The first-order valence-corrected chi connectivity index (χ1v) is 11.6. The molecule has 1 amide bonds. The lowest BCUT2D eigenvalue weighted by molar-refractivity contribution is -0.115. The number of carbonyl (C=O) groups excluding carboxylic acids is 1. The Morgan fingerprint density at radius 2 is 1.84 bits per heavy atom. The van der Waals surface area contributed by atoms with E-state index in [2.05, 4.69) is 10.3 Å². The summed E-state index contributed by atoms with van der Waals surface area (Å²) >= 11 is 2.73. The molecule has 164 valence electrons. The Hall–Kier alpha value is -3.17. The highest BCUT2D eigenvalue weighted by molar-refractivity contribution is 8.02. The fraction of sp³-hybridized carbons (Fsp3) is 0.174. The number of rotatable bonds is 6. The summed E-state index contributed by atoms with van der Waals surface area (Å²) in [6.07, 6.45) is 0. The number of para-hydroxylation sites is 1. The average Bonchev–Trinajstić information content (AvgIpc) is 3.33. The van der Waals surface area contributed by atoms with Crippen molar-refractivity contribution in [2.45, 2.75) is 23.4 Å². The van der Waals surface area contributed by atoms with E-state index in [-0.39, 0.29) is 23.0 Å². The van der Waals surface area contributed by atoms with Gasteiger partial charge in [-0.1, -0.05) is 30.0 Å². The molecule has 0 bridgehead atoms. The third kappa shape index (κ3) is 4.39. The van der Waals surface area contributed by atoms with E-state index in [4.69, 9.17) is 0 Å². The zero-order chi connectivity index (χ0) is 22.8. The number of thiazole rings is 1. The summed E-state index contributed by atoms with van der Waals surface area (Å²) < 4.78 is 17.1. The first kappa shape index (κ1) is 22.0. The fourth-order valence-corrected chi connectivity index (χ4v) is 5.18. The summed E-state index contributed by atoms with van der Waals surface area (Å²) in [6, 6.07) is 15.4. The van der Waals surface area contributed by atoms with Crippen LogP contribution >= 0.6 is 23.1 Å². The van der Waals surface area contributed by atoms with Crippen molar-refractivity contribution in [1.82, 2.24) is 14.3 Å². The molecule has 9 heteroatoms. The van der Waals surface area contributed by atoms with Crippen LogP contribution in [0.25, 0.3) is 16.9 Å². The lowest BCUT2D eigenvalue weighted by Gasteiger charge is -2.09. The number of benzene rings is 2. The molecule has 6 nitrogen and oxygen atoms in total. The Morgan fingerprint density at radius 1 is 1.16 bits per heavy atom. The highest BCUT2D eigenvalue weighted by Crippen LogP contribution is 2.31. The van der Waals surface area contributed by atoms with Gasteiger partial charge in [0.1, 0.15) is 11.5 Å². The van der Waals surface area contributed by atoms with Gasteiger partial charge in [-0.15, -0.1) is 11.3 Å². The second kappa shape index (κ2) is 9.13. The number of aromatic nitrogens is 3. The molecular formula is C23H21FN4O2S2. The predicted octanol–water partition coefficient (Wildman–Crippen LogP) is 4.87. The summed E-state index contributed by atoms with van der Waals surface area (Å²) in [5, 5.41) is 4.20. The number of anilines is 1. The molecule has 2 heterocycles. The number of nitrogens with one attached hydrogen (secondary N) is 1. The van der Waals surface area contributed by atoms with Crippen molar-refractivity contribution >= 4 is 34.7 Å². The molecule has 0 spiro atoms. The zero-order valence-electron chi connectivity index (χ0n) is 17.7. The second-order valence-electron chi connectivity index (χ2n) is 7.19. The average molecular weight is 469 g/mol. The largest absolute Gasteiger partial charge is 0.319 e. The highest BCUT2D eigenvalue weighted by atomic mass is 32.2. The van der Waals surface area contributed by atoms with Crippen molar-refractivity contribution in [3.63, 3.8) is 0 Å². The van der Waals surface area contributed by atoms with Crippen LogP contribution in [0.15, 0.2) is 69.1 Å². The molecule has 0 radical (unpaired) electrons. The van der Waals surface area contributed by atoms with E-state index in [1.807, 2.05) is 35.7 Å². The molecule has 0 aliphatic rings. The lowest BCUT2D eigenvalue weighted by atomic mass is 10.2. The van der Waals surface area contributed by atoms with Crippen LogP contribution < -0.4 is 10.9 Å². The van der Waals surface area contributed by atoms with Crippen molar-refractivity contribution in [2.75, 3.05) is 5.32 Å². The van der Waals surface area contributed by atoms with Crippen molar-refractivity contribution in [2.24, 2.45) is 7.05 Å². The smallest absolute Gasteiger partial charge is 0.295 e. The summed E-state index contributed by atoms with van der Waals surface area (Å²) in [5.74, 6) is -0.578. The summed E-state index contributed by atoms with van der Waals surface area (Å²) in [7, 11) is 1.78. The van der Waals surface area contributed by atoms with Crippen molar-refractivity contribution in [3.05, 3.63) is 81.8 Å². The molecule has 0 aliphatic carbocycles. The fourth-order valence-electron chi connectivity index (χ4n) is 3.21. The molecule has 0 unspecified atom stereocenters. The molecule has 1 atom stereocenters. The van der Waals surface area contributed by atoms with Crippen molar-refractivity contribution in [1.29, 1.82) is 0 Å². The maximum absolute atomic E-state index is 13.1. The summed E-state index contributed by atoms with van der Waals surface area (Å²) in [6.45, 7) is 3.57. The monoisotopic (exact) mass is 468 g/mol. The Labute approximate surface area is 192 Å². The van der Waals surface area contributed by atoms with Gasteiger partial charge >= 0.3 is 0 Å². The normalized spacial score (nSPS) is 12.0. The molecular weight excluding hydrogens is 447 g/mol. The van der Waals surface area contributed by atoms with Crippen molar-refractivity contribution < 1.29 is 9.18 Å². The zero-order valence-corrected chi connectivity index (χ0v) is 19.3. The molecule has 0 saturated carbocycles. The van der Waals surface area contributed by atoms with Gasteiger partial charge < -0.3 is 5.32 Å². The first-order chi connectivity index (χ1) is 15.3. The van der Waals surface area contributed by atoms with Gasteiger partial charge in [0.2, 0.25) is 5.91 Å². The first-order valence-electron chi connectivity index (χ1n) is 9.88. The van der Waals surface area contributed by atoms with Gasteiger partial charge in [-0.3, -0.25) is 14.3 Å². The standard InChI is InChI=1S/C23H21FN4O2S2/c1-14-20(22(30)28(27(14)3)18-7-5-4-6-8-18)26-21(29)15(2)32-23-25-19(13-31-23)16-9-11-17(24)12-10-16/h4-13,15H,1-3H3,(H,26,29)/t15-/m0/s1. The van der Waals surface area contributed by atoms with Gasteiger partial charge in [0.25, 0.3) is 5.56 Å². The number of hydrogen-bond acceptors (Lipinski definition) is 5. The minimum Gasteiger partial charge on any atom is -0.319 e. The number of carbonyl (C=O) groups is 1. The van der Waals surface area contributed by atoms with E-state index in [1.54, 1.807) is 37.7 Å². The van der Waals surface area contributed by atoms with E-state index < -0.39 is 5.25 Å². The van der Waals surface area contributed by atoms with E-state index in [1.165, 1.54) is 39.9 Å². The highest BCUT2D eigenvalue weighted by Gasteiger charge is 2.22. The van der Waals surface area contributed by atoms with E-state index in [0.29, 0.717) is 5.69 Å². The third-order valence-corrected chi connectivity index (χ3v) is 7.14. The maximum Gasteiger partial charge on any atom is 0.295 e. The van der Waals surface area contributed by atoms with Crippen LogP contribution in [0.2, 0.25) is 0 Å². The molecule has 2 aromatic heterocycles. The lowest BCUT2D eigenvalue weighted by Crippen LogP contribution is -2.27. The van der Waals surface area contributed by atoms with E-state index >= 15 is 0 Å². The van der Waals surface area contributed by atoms with Gasteiger partial charge in [-0.25, -0.2) is 14.1 Å². The van der Waals surface area contributed by atoms with Crippen LogP contribution in [0.5, 0.6) is 0 Å². The van der Waals surface area contributed by atoms with E-state index in [0.717, 1.165) is 21.3 Å². The van der Waals surface area contributed by atoms with Crippen LogP contribution in [-0.4, -0.2) is 25.5 Å². The molecule has 1 N–H and O–H groups in total. The molecule has 0 aliphatic heterocycles. The topological polar surface area (TPSA) is 68.9 Å². The van der Waals surface area contributed by atoms with E-state index in [9.17, 15) is 14.0 Å². The number of halogens is 1. The molecule has 0 saturated heterocycles. The quantitative estimate of drug-likeness (QED) is 0.410. The molecule has 4 aromatic rings. The van der Waals surface area contributed by atoms with Crippen LogP contribution in [0.3, 0.4) is 0 Å². The van der Waals surface area contributed by atoms with Gasteiger partial charge in [0.15, 0.2) is 4.34 Å². The number of thioether (sulfide) groups is 1. The third-order valence-electron chi connectivity index (χ3n) is 5.07. The summed E-state index contributed by atoms with van der Waals surface area (Å²) in [5.41, 5.74) is 2.91. The van der Waals surface area contributed by atoms with Crippen LogP contribution in [0.1, 0.15) is 12.6 Å². The van der Waals surface area contributed by atoms with Gasteiger partial charge in [0.05, 0.1) is 22.3 Å². The summed E-state index contributed by atoms with van der Waals surface area (Å²) in [4.78, 5) is 30.4. The maximum atomic E-state index is 13.1. The van der Waals surface area contributed by atoms with Crippen LogP contribution in [0, 0.1) is 12.7 Å². The minimum atomic E-state index is -0.466. The number of nitrogens with zero attached hydrogens (tertiary/aromatic N) is 3. The molecule has 32 heavy (non-hydrogen) atoms. The van der Waals surface area contributed by atoms with Gasteiger partial charge in [0, 0.05) is 18.0 Å². The Bertz CT molecular complexity index is 1310. The van der Waals surface area contributed by atoms with Crippen molar-refractivity contribution in [3.8, 4) is 16.9 Å². The Balaban J connectivity index is 1.49.